The first-order chi connectivity index (χ1) is 8.97. The predicted molar refractivity (Wildman–Crippen MR) is 66.3 cm³/mol. The third-order valence-electron chi connectivity index (χ3n) is 2.44. The number of rotatable bonds is 4. The lowest BCUT2D eigenvalue weighted by atomic mass is 10.3. The van der Waals surface area contributed by atoms with E-state index in [4.69, 9.17) is 9.52 Å². The zero-order valence-electron chi connectivity index (χ0n) is 9.89. The topological polar surface area (TPSA) is 50.4 Å². The third-order valence-corrected chi connectivity index (χ3v) is 3.59. The van der Waals surface area contributed by atoms with Crippen molar-refractivity contribution in [3.63, 3.8) is 0 Å². The molecular weight excluding hydrogens is 274 g/mol. The largest absolute Gasteiger partial charge is 0.475 e. The van der Waals surface area contributed by atoms with Crippen LogP contribution in [0.25, 0.3) is 0 Å². The molecule has 0 saturated heterocycles. The Morgan fingerprint density at radius 2 is 2.05 bits per heavy atom. The highest BCUT2D eigenvalue weighted by molar-refractivity contribution is 7.99. The minimum Gasteiger partial charge on any atom is -0.475 e. The summed E-state index contributed by atoms with van der Waals surface area (Å²) in [5.41, 5.74) is 0. The van der Waals surface area contributed by atoms with Gasteiger partial charge in [-0.05, 0) is 37.3 Å². The van der Waals surface area contributed by atoms with Crippen LogP contribution in [-0.2, 0) is 0 Å². The van der Waals surface area contributed by atoms with Crippen molar-refractivity contribution < 1.29 is 23.1 Å². The van der Waals surface area contributed by atoms with E-state index in [2.05, 4.69) is 0 Å². The highest BCUT2D eigenvalue weighted by Crippen LogP contribution is 2.37. The van der Waals surface area contributed by atoms with E-state index in [9.17, 15) is 13.6 Å². The van der Waals surface area contributed by atoms with Crippen LogP contribution in [0.1, 0.15) is 28.5 Å². The minimum absolute atomic E-state index is 0.153. The zero-order chi connectivity index (χ0) is 14.0. The number of carbonyl (C=O) groups is 1. The van der Waals surface area contributed by atoms with Crippen molar-refractivity contribution >= 4 is 17.7 Å². The monoisotopic (exact) mass is 284 g/mol. The molecule has 0 spiro atoms. The molecule has 1 aromatic heterocycles. The Bertz CT molecular complexity index is 610. The second kappa shape index (κ2) is 5.44. The van der Waals surface area contributed by atoms with Gasteiger partial charge < -0.3 is 9.52 Å². The molecule has 0 aliphatic carbocycles. The van der Waals surface area contributed by atoms with E-state index in [1.807, 2.05) is 0 Å². The van der Waals surface area contributed by atoms with Crippen LogP contribution in [0.3, 0.4) is 0 Å². The zero-order valence-corrected chi connectivity index (χ0v) is 10.7. The van der Waals surface area contributed by atoms with Crippen LogP contribution in [0.2, 0.25) is 0 Å². The van der Waals surface area contributed by atoms with Gasteiger partial charge in [0.05, 0.1) is 5.25 Å². The van der Waals surface area contributed by atoms with Gasteiger partial charge in [0.25, 0.3) is 0 Å². The van der Waals surface area contributed by atoms with E-state index < -0.39 is 17.6 Å². The number of hydrogen-bond acceptors (Lipinski definition) is 3. The summed E-state index contributed by atoms with van der Waals surface area (Å²) in [5.74, 6) is -2.00. The van der Waals surface area contributed by atoms with Gasteiger partial charge in [-0.2, -0.15) is 0 Å². The number of benzene rings is 1. The fourth-order valence-electron chi connectivity index (χ4n) is 1.50. The molecule has 0 radical (unpaired) electrons. The van der Waals surface area contributed by atoms with Crippen molar-refractivity contribution in [3.05, 3.63) is 53.5 Å². The fourth-order valence-corrected chi connectivity index (χ4v) is 2.49. The highest BCUT2D eigenvalue weighted by Gasteiger charge is 2.17. The maximum Gasteiger partial charge on any atom is 0.371 e. The lowest BCUT2D eigenvalue weighted by Crippen LogP contribution is -1.93. The molecule has 100 valence electrons. The van der Waals surface area contributed by atoms with Gasteiger partial charge in [-0.1, -0.05) is 0 Å². The number of furan rings is 1. The number of carboxylic acid groups (broad SMARTS) is 1. The molecule has 2 aromatic rings. The van der Waals surface area contributed by atoms with Gasteiger partial charge in [0.2, 0.25) is 5.76 Å². The molecule has 0 fully saturated rings. The maximum atomic E-state index is 13.5. The van der Waals surface area contributed by atoms with Gasteiger partial charge in [0.15, 0.2) is 0 Å². The molecule has 2 rings (SSSR count). The van der Waals surface area contributed by atoms with Gasteiger partial charge in [0.1, 0.15) is 17.4 Å². The van der Waals surface area contributed by atoms with Crippen LogP contribution in [0.15, 0.2) is 39.6 Å². The molecule has 0 bridgehead atoms. The van der Waals surface area contributed by atoms with Crippen molar-refractivity contribution in [2.24, 2.45) is 0 Å². The molecule has 0 aliphatic rings. The molecule has 0 amide bonds. The van der Waals surface area contributed by atoms with E-state index >= 15 is 0 Å². The van der Waals surface area contributed by atoms with E-state index in [0.717, 1.165) is 30.0 Å². The summed E-state index contributed by atoms with van der Waals surface area (Å²) in [4.78, 5) is 10.8. The van der Waals surface area contributed by atoms with Crippen LogP contribution >= 0.6 is 11.8 Å². The lowest BCUT2D eigenvalue weighted by Gasteiger charge is -2.09. The normalized spacial score (nSPS) is 12.4. The highest BCUT2D eigenvalue weighted by atomic mass is 32.2. The summed E-state index contributed by atoms with van der Waals surface area (Å²) < 4.78 is 31.6. The van der Waals surface area contributed by atoms with E-state index in [1.54, 1.807) is 6.92 Å². The second-order valence-corrected chi connectivity index (χ2v) is 5.22. The van der Waals surface area contributed by atoms with Crippen molar-refractivity contribution in [1.29, 1.82) is 0 Å². The Kier molecular flexibility index (Phi) is 3.90. The molecule has 1 aromatic carbocycles. The first kappa shape index (κ1) is 13.6. The molecule has 1 heterocycles. The van der Waals surface area contributed by atoms with Gasteiger partial charge in [0, 0.05) is 4.90 Å². The van der Waals surface area contributed by atoms with E-state index in [0.29, 0.717) is 5.76 Å². The number of aromatic carboxylic acids is 1. The molecule has 0 aliphatic heterocycles. The third kappa shape index (κ3) is 3.14. The summed E-state index contributed by atoms with van der Waals surface area (Å²) in [6.45, 7) is 1.72. The van der Waals surface area contributed by atoms with Gasteiger partial charge in [-0.25, -0.2) is 13.6 Å². The van der Waals surface area contributed by atoms with E-state index in [1.165, 1.54) is 12.1 Å². The number of thioether (sulfide) groups is 1. The van der Waals surface area contributed by atoms with Crippen molar-refractivity contribution in [1.82, 2.24) is 0 Å². The summed E-state index contributed by atoms with van der Waals surface area (Å²) in [7, 11) is 0. The molecule has 1 unspecified atom stereocenters. The second-order valence-electron chi connectivity index (χ2n) is 3.84. The van der Waals surface area contributed by atoms with Crippen LogP contribution < -0.4 is 0 Å². The predicted octanol–water partition coefficient (Wildman–Crippen LogP) is 4.11. The smallest absolute Gasteiger partial charge is 0.371 e. The summed E-state index contributed by atoms with van der Waals surface area (Å²) in [6, 6.07) is 6.03. The fraction of sp³-hybridized carbons (Fsp3) is 0.154. The minimum atomic E-state index is -1.17. The van der Waals surface area contributed by atoms with Gasteiger partial charge >= 0.3 is 5.97 Å². The average Bonchev–Trinajstić information content (AvgIpc) is 2.83. The lowest BCUT2D eigenvalue weighted by molar-refractivity contribution is 0.0660. The molecule has 1 atom stereocenters. The molecule has 3 nitrogen and oxygen atoms in total. The Balaban J connectivity index is 2.17. The van der Waals surface area contributed by atoms with E-state index in [-0.39, 0.29) is 15.9 Å². The van der Waals surface area contributed by atoms with Crippen molar-refractivity contribution in [2.45, 2.75) is 17.1 Å². The molecular formula is C13H10F2O3S. The summed E-state index contributed by atoms with van der Waals surface area (Å²) >= 11 is 1.06. The molecule has 6 heteroatoms. The van der Waals surface area contributed by atoms with Gasteiger partial charge in [-0.3, -0.25) is 0 Å². The maximum absolute atomic E-state index is 13.5. The Morgan fingerprint density at radius 1 is 1.32 bits per heavy atom. The summed E-state index contributed by atoms with van der Waals surface area (Å²) in [6.07, 6.45) is 0. The Morgan fingerprint density at radius 3 is 2.68 bits per heavy atom. The average molecular weight is 284 g/mol. The Hall–Kier alpha value is -1.82. The first-order valence-corrected chi connectivity index (χ1v) is 6.30. The number of halogens is 2. The SMILES string of the molecule is CC(Sc1cc(F)ccc1F)c1ccc(C(=O)O)o1. The first-order valence-electron chi connectivity index (χ1n) is 5.42. The molecule has 1 N–H and O–H groups in total. The number of carboxylic acids is 1. The standard InChI is InChI=1S/C13H10F2O3S/c1-7(10-4-5-11(18-10)13(16)17)19-12-6-8(14)2-3-9(12)15/h2-7H,1H3,(H,16,17). The van der Waals surface area contributed by atoms with Crippen LogP contribution in [0, 0.1) is 11.6 Å². The van der Waals surface area contributed by atoms with Gasteiger partial charge in [-0.15, -0.1) is 11.8 Å². The van der Waals surface area contributed by atoms with Crippen molar-refractivity contribution in [2.75, 3.05) is 0 Å². The quantitative estimate of drug-likeness (QED) is 0.858. The Labute approximate surface area is 112 Å². The van der Waals surface area contributed by atoms with Crippen LogP contribution in [0.4, 0.5) is 8.78 Å². The summed E-state index contributed by atoms with van der Waals surface area (Å²) in [5, 5.41) is 8.41. The van der Waals surface area contributed by atoms with Crippen LogP contribution in [-0.4, -0.2) is 11.1 Å². The molecule has 0 saturated carbocycles. The number of hydrogen-bond donors (Lipinski definition) is 1. The van der Waals surface area contributed by atoms with Crippen LogP contribution in [0.5, 0.6) is 0 Å². The molecule has 19 heavy (non-hydrogen) atoms. The van der Waals surface area contributed by atoms with Crippen molar-refractivity contribution in [3.8, 4) is 0 Å².